The lowest BCUT2D eigenvalue weighted by atomic mass is 10.0. The van der Waals surface area contributed by atoms with Gasteiger partial charge in [-0.1, -0.05) is 376 Å². The second-order valence-corrected chi connectivity index (χ2v) is 33.8. The summed E-state index contributed by atoms with van der Waals surface area (Å²) in [6.45, 7) is 11.9. The Hall–Kier alpha value is -1.94. The summed E-state index contributed by atoms with van der Waals surface area (Å²) in [6.07, 6.45) is 61.3. The Morgan fingerprint density at radius 2 is 0.455 bits per heavy atom. The highest BCUT2D eigenvalue weighted by atomic mass is 31.2. The number of phosphoric acid groups is 2. The predicted molar refractivity (Wildman–Crippen MR) is 414 cm³/mol. The molecule has 600 valence electrons. The predicted octanol–water partition coefficient (Wildman–Crippen LogP) is 24.5. The summed E-state index contributed by atoms with van der Waals surface area (Å²) < 4.78 is 68.7. The van der Waals surface area contributed by atoms with Crippen molar-refractivity contribution >= 4 is 39.5 Å². The molecule has 0 aromatic heterocycles. The first-order chi connectivity index (χ1) is 48.7. The molecule has 0 aliphatic rings. The van der Waals surface area contributed by atoms with Gasteiger partial charge in [0.05, 0.1) is 26.4 Å². The molecule has 0 aliphatic heterocycles. The number of aliphatic hydroxyl groups excluding tert-OH is 1. The van der Waals surface area contributed by atoms with Crippen molar-refractivity contribution < 1.29 is 80.2 Å². The first-order valence-corrected chi connectivity index (χ1v) is 45.3. The fourth-order valence-electron chi connectivity index (χ4n) is 12.7. The maximum absolute atomic E-state index is 13.1. The Morgan fingerprint density at radius 3 is 0.673 bits per heavy atom. The van der Waals surface area contributed by atoms with Gasteiger partial charge in [0.15, 0.2) is 12.2 Å². The number of aliphatic hydroxyl groups is 1. The molecule has 0 amide bonds. The molecular weight excluding hydrogens is 1320 g/mol. The van der Waals surface area contributed by atoms with Crippen LogP contribution in [0.4, 0.5) is 0 Å². The Bertz CT molecular complexity index is 1960. The minimum Gasteiger partial charge on any atom is -0.462 e. The molecule has 17 nitrogen and oxygen atoms in total. The molecular formula is C82H160O17P2. The van der Waals surface area contributed by atoms with Gasteiger partial charge in [-0.2, -0.15) is 0 Å². The van der Waals surface area contributed by atoms with Crippen LogP contribution in [0.15, 0.2) is 0 Å². The standard InChI is InChI=1S/C82H160O17P2/c1-8-9-10-11-12-13-14-15-16-17-18-19-20-25-28-31-36-43-51-58-65-81(86)98-77(69-92-79(84)63-56-49-42-35-30-27-24-22-21-23-26-29-33-39-46-53-60-73(2)3)71-96-100(88,89)94-67-76(83)68-95-101(90,91)97-72-78(70-93-80(85)64-57-50-45-38-41-48-55-62-75(6)7)99-82(87)66-59-52-44-37-32-34-40-47-54-61-74(4)5/h73-78,83H,8-72H2,1-7H3,(H,88,89)(H,90,91)/t76-,77-,78-/m1/s1. The number of hydrogen-bond acceptors (Lipinski definition) is 15. The molecule has 0 fully saturated rings. The number of unbranched alkanes of at least 4 members (excludes halogenated alkanes) is 48. The van der Waals surface area contributed by atoms with Crippen LogP contribution < -0.4 is 0 Å². The largest absolute Gasteiger partial charge is 0.472 e. The summed E-state index contributed by atoms with van der Waals surface area (Å²) in [7, 11) is -9.92. The van der Waals surface area contributed by atoms with Gasteiger partial charge in [-0.15, -0.1) is 0 Å². The van der Waals surface area contributed by atoms with Gasteiger partial charge in [0, 0.05) is 25.7 Å². The van der Waals surface area contributed by atoms with E-state index in [2.05, 4.69) is 48.5 Å². The number of hydrogen-bond donors (Lipinski definition) is 3. The summed E-state index contributed by atoms with van der Waals surface area (Å²) in [6, 6.07) is 0. The molecule has 0 radical (unpaired) electrons. The summed E-state index contributed by atoms with van der Waals surface area (Å²) in [5, 5.41) is 10.6. The van der Waals surface area contributed by atoms with Gasteiger partial charge in [-0.3, -0.25) is 37.3 Å². The number of carbonyl (C=O) groups excluding carboxylic acids is 4. The maximum atomic E-state index is 13.1. The van der Waals surface area contributed by atoms with Crippen molar-refractivity contribution in [2.45, 2.75) is 446 Å². The normalized spacial score (nSPS) is 14.0. The van der Waals surface area contributed by atoms with Crippen molar-refractivity contribution in [2.75, 3.05) is 39.6 Å². The first-order valence-electron chi connectivity index (χ1n) is 42.3. The molecule has 2 unspecified atom stereocenters. The Kier molecular flexibility index (Phi) is 70.9. The number of carbonyl (C=O) groups is 4. The number of ether oxygens (including phenoxy) is 4. The molecule has 0 bridgehead atoms. The van der Waals surface area contributed by atoms with E-state index in [4.69, 9.17) is 37.0 Å². The second kappa shape index (κ2) is 72.3. The molecule has 0 saturated carbocycles. The summed E-state index contributed by atoms with van der Waals surface area (Å²) >= 11 is 0. The minimum atomic E-state index is -4.96. The molecule has 0 rings (SSSR count). The molecule has 3 N–H and O–H groups in total. The lowest BCUT2D eigenvalue weighted by Crippen LogP contribution is -2.30. The number of rotatable bonds is 80. The fraction of sp³-hybridized carbons (Fsp3) is 0.951. The van der Waals surface area contributed by atoms with Crippen LogP contribution in [-0.4, -0.2) is 96.7 Å². The topological polar surface area (TPSA) is 237 Å². The monoisotopic (exact) mass is 1480 g/mol. The van der Waals surface area contributed by atoms with Gasteiger partial charge < -0.3 is 33.8 Å². The summed E-state index contributed by atoms with van der Waals surface area (Å²) in [5.74, 6) is 0.141. The van der Waals surface area contributed by atoms with Gasteiger partial charge in [0.1, 0.15) is 19.3 Å². The van der Waals surface area contributed by atoms with Crippen LogP contribution in [0.1, 0.15) is 427 Å². The molecule has 0 aromatic rings. The van der Waals surface area contributed by atoms with E-state index in [1.54, 1.807) is 0 Å². The molecule has 0 aromatic carbocycles. The number of phosphoric ester groups is 2. The molecule has 0 spiro atoms. The summed E-state index contributed by atoms with van der Waals surface area (Å²) in [5.41, 5.74) is 0. The van der Waals surface area contributed by atoms with Crippen LogP contribution in [0.25, 0.3) is 0 Å². The highest BCUT2D eigenvalue weighted by molar-refractivity contribution is 7.47. The van der Waals surface area contributed by atoms with E-state index in [9.17, 15) is 43.2 Å². The highest BCUT2D eigenvalue weighted by Gasteiger charge is 2.30. The van der Waals surface area contributed by atoms with Crippen molar-refractivity contribution in [3.63, 3.8) is 0 Å². The van der Waals surface area contributed by atoms with Gasteiger partial charge in [-0.05, 0) is 43.4 Å². The third kappa shape index (κ3) is 76.1. The van der Waals surface area contributed by atoms with E-state index in [-0.39, 0.29) is 25.7 Å². The van der Waals surface area contributed by atoms with Gasteiger partial charge >= 0.3 is 39.5 Å². The van der Waals surface area contributed by atoms with E-state index in [0.717, 1.165) is 108 Å². The van der Waals surface area contributed by atoms with Crippen molar-refractivity contribution in [1.29, 1.82) is 0 Å². The molecule has 0 aliphatic carbocycles. The minimum absolute atomic E-state index is 0.105. The zero-order valence-corrected chi connectivity index (χ0v) is 68.2. The van der Waals surface area contributed by atoms with Crippen molar-refractivity contribution in [3.8, 4) is 0 Å². The average molecular weight is 1480 g/mol. The lowest BCUT2D eigenvalue weighted by Gasteiger charge is -2.21. The Labute approximate surface area is 619 Å². The van der Waals surface area contributed by atoms with Gasteiger partial charge in [-0.25, -0.2) is 9.13 Å². The van der Waals surface area contributed by atoms with Crippen LogP contribution in [-0.2, 0) is 65.4 Å². The van der Waals surface area contributed by atoms with E-state index in [1.165, 1.54) is 231 Å². The Balaban J connectivity index is 5.22. The third-order valence-corrected chi connectivity index (χ3v) is 21.0. The Morgan fingerprint density at radius 1 is 0.267 bits per heavy atom. The third-order valence-electron chi connectivity index (χ3n) is 19.1. The van der Waals surface area contributed by atoms with E-state index in [1.807, 2.05) is 0 Å². The maximum Gasteiger partial charge on any atom is 0.472 e. The summed E-state index contributed by atoms with van der Waals surface area (Å²) in [4.78, 5) is 73.0. The van der Waals surface area contributed by atoms with Crippen molar-refractivity contribution in [2.24, 2.45) is 17.8 Å². The van der Waals surface area contributed by atoms with Crippen molar-refractivity contribution in [3.05, 3.63) is 0 Å². The molecule has 101 heavy (non-hydrogen) atoms. The van der Waals surface area contributed by atoms with E-state index in [0.29, 0.717) is 31.6 Å². The van der Waals surface area contributed by atoms with Crippen LogP contribution >= 0.6 is 15.6 Å². The van der Waals surface area contributed by atoms with Gasteiger partial charge in [0.25, 0.3) is 0 Å². The average Bonchev–Trinajstić information content (AvgIpc) is 0.978. The quantitative estimate of drug-likeness (QED) is 0.0222. The molecule has 0 saturated heterocycles. The SMILES string of the molecule is CCCCCCCCCCCCCCCCCCCCCCC(=O)O[C@H](COC(=O)CCCCCCCCCCCCCCCCCCC(C)C)COP(=O)(O)OC[C@@H](O)COP(=O)(O)OC[C@@H](COC(=O)CCCCCCCCCC(C)C)OC(=O)CCCCCCCCCCCC(C)C. The zero-order valence-electron chi connectivity index (χ0n) is 66.4. The van der Waals surface area contributed by atoms with Crippen LogP contribution in [0.3, 0.4) is 0 Å². The number of esters is 4. The lowest BCUT2D eigenvalue weighted by molar-refractivity contribution is -0.161. The van der Waals surface area contributed by atoms with Crippen LogP contribution in [0, 0.1) is 17.8 Å². The fourth-order valence-corrected chi connectivity index (χ4v) is 14.2. The van der Waals surface area contributed by atoms with Crippen LogP contribution in [0.5, 0.6) is 0 Å². The highest BCUT2D eigenvalue weighted by Crippen LogP contribution is 2.45. The molecule has 5 atom stereocenters. The zero-order chi connectivity index (χ0) is 74.4. The van der Waals surface area contributed by atoms with E-state index >= 15 is 0 Å². The smallest absolute Gasteiger partial charge is 0.462 e. The molecule has 0 heterocycles. The molecule has 19 heteroatoms. The van der Waals surface area contributed by atoms with E-state index < -0.39 is 97.5 Å². The van der Waals surface area contributed by atoms with Gasteiger partial charge in [0.2, 0.25) is 0 Å². The van der Waals surface area contributed by atoms with Crippen molar-refractivity contribution in [1.82, 2.24) is 0 Å². The van der Waals surface area contributed by atoms with Crippen LogP contribution in [0.2, 0.25) is 0 Å². The second-order valence-electron chi connectivity index (χ2n) is 30.9. The first kappa shape index (κ1) is 99.1.